The van der Waals surface area contributed by atoms with E-state index in [9.17, 15) is 13.2 Å². The second-order valence-corrected chi connectivity index (χ2v) is 6.99. The van der Waals surface area contributed by atoms with Crippen LogP contribution in [0.5, 0.6) is 0 Å². The number of hydrogen-bond donors (Lipinski definition) is 3. The van der Waals surface area contributed by atoms with Crippen molar-refractivity contribution < 1.29 is 18.3 Å². The van der Waals surface area contributed by atoms with Gasteiger partial charge in [0.25, 0.3) is 0 Å². The second kappa shape index (κ2) is 5.08. The van der Waals surface area contributed by atoms with E-state index in [-0.39, 0.29) is 16.3 Å². The van der Waals surface area contributed by atoms with Gasteiger partial charge in [0, 0.05) is 24.3 Å². The van der Waals surface area contributed by atoms with E-state index < -0.39 is 21.8 Å². The summed E-state index contributed by atoms with van der Waals surface area (Å²) in [4.78, 5) is 13.8. The molecule has 1 aromatic carbocycles. The first-order valence-corrected chi connectivity index (χ1v) is 7.95. The first-order valence-electron chi connectivity index (χ1n) is 5.68. The Morgan fingerprint density at radius 3 is 2.70 bits per heavy atom. The van der Waals surface area contributed by atoms with Crippen LogP contribution >= 0.6 is 11.6 Å². The molecule has 0 aliphatic rings. The first kappa shape index (κ1) is 14.8. The number of nitrogens with two attached hydrogens (primary N) is 1. The van der Waals surface area contributed by atoms with E-state index in [1.54, 1.807) is 6.20 Å². The van der Waals surface area contributed by atoms with Gasteiger partial charge in [0.15, 0.2) is 9.84 Å². The number of nitrogens with one attached hydrogen (secondary N) is 1. The van der Waals surface area contributed by atoms with Gasteiger partial charge in [0.1, 0.15) is 6.04 Å². The van der Waals surface area contributed by atoms with Crippen molar-refractivity contribution in [2.45, 2.75) is 17.4 Å². The molecule has 2 aromatic rings. The number of fused-ring (bicyclic) bond motifs is 1. The van der Waals surface area contributed by atoms with E-state index in [4.69, 9.17) is 22.4 Å². The predicted molar refractivity (Wildman–Crippen MR) is 75.7 cm³/mol. The van der Waals surface area contributed by atoms with Crippen molar-refractivity contribution in [1.82, 2.24) is 4.98 Å². The molecule has 1 unspecified atom stereocenters. The molecule has 0 fully saturated rings. The molecule has 8 heteroatoms. The van der Waals surface area contributed by atoms with Crippen LogP contribution in [-0.4, -0.2) is 36.8 Å². The van der Waals surface area contributed by atoms with Crippen LogP contribution in [0.1, 0.15) is 5.56 Å². The Balaban J connectivity index is 2.59. The molecule has 0 aliphatic carbocycles. The van der Waals surface area contributed by atoms with Crippen LogP contribution in [0, 0.1) is 0 Å². The third-order valence-electron chi connectivity index (χ3n) is 2.99. The van der Waals surface area contributed by atoms with E-state index >= 15 is 0 Å². The molecule has 1 aromatic heterocycles. The average molecular weight is 317 g/mol. The number of aliphatic carboxylic acids is 1. The van der Waals surface area contributed by atoms with Gasteiger partial charge in [-0.3, -0.25) is 4.79 Å². The number of rotatable bonds is 4. The number of carboxylic acids is 1. The van der Waals surface area contributed by atoms with E-state index in [1.807, 2.05) is 0 Å². The van der Waals surface area contributed by atoms with Crippen molar-refractivity contribution in [2.24, 2.45) is 5.73 Å². The molecular formula is C12H13ClN2O4S. The average Bonchev–Trinajstić information content (AvgIpc) is 2.71. The molecule has 6 nitrogen and oxygen atoms in total. The monoisotopic (exact) mass is 316 g/mol. The molecule has 0 saturated heterocycles. The van der Waals surface area contributed by atoms with Crippen molar-refractivity contribution >= 4 is 38.3 Å². The smallest absolute Gasteiger partial charge is 0.320 e. The molecule has 2 rings (SSSR count). The summed E-state index contributed by atoms with van der Waals surface area (Å²) in [6, 6.07) is 1.77. The predicted octanol–water partition coefficient (Wildman–Crippen LogP) is 1.18. The lowest BCUT2D eigenvalue weighted by atomic mass is 10.1. The highest BCUT2D eigenvalue weighted by atomic mass is 35.5. The van der Waals surface area contributed by atoms with Gasteiger partial charge in [0.05, 0.1) is 15.4 Å². The molecule has 1 atom stereocenters. The minimum absolute atomic E-state index is 0.0822. The summed E-state index contributed by atoms with van der Waals surface area (Å²) in [6.45, 7) is 0. The van der Waals surface area contributed by atoms with Crippen molar-refractivity contribution in [3.05, 3.63) is 28.9 Å². The maximum atomic E-state index is 11.6. The fourth-order valence-electron chi connectivity index (χ4n) is 1.93. The lowest BCUT2D eigenvalue weighted by Crippen LogP contribution is -2.32. The van der Waals surface area contributed by atoms with Gasteiger partial charge in [-0.05, 0) is 17.7 Å². The fourth-order valence-corrected chi connectivity index (χ4v) is 2.93. The fraction of sp³-hybridized carbons (Fsp3) is 0.250. The number of hydrogen-bond acceptors (Lipinski definition) is 4. The Morgan fingerprint density at radius 1 is 1.50 bits per heavy atom. The van der Waals surface area contributed by atoms with Crippen LogP contribution in [0.4, 0.5) is 0 Å². The SMILES string of the molecule is CS(=O)(=O)c1cc(Cl)c2[nH]cc(CC(N)C(=O)O)c2c1. The van der Waals surface area contributed by atoms with E-state index in [0.717, 1.165) is 6.26 Å². The van der Waals surface area contributed by atoms with Crippen molar-refractivity contribution in [3.63, 3.8) is 0 Å². The zero-order chi connectivity index (χ0) is 15.1. The molecule has 0 saturated carbocycles. The number of carboxylic acid groups (broad SMARTS) is 1. The number of aromatic nitrogens is 1. The van der Waals surface area contributed by atoms with Crippen molar-refractivity contribution in [1.29, 1.82) is 0 Å². The molecule has 0 bridgehead atoms. The maximum Gasteiger partial charge on any atom is 0.320 e. The molecule has 1 heterocycles. The third kappa shape index (κ3) is 2.79. The summed E-state index contributed by atoms with van der Waals surface area (Å²) in [7, 11) is -3.40. The Labute approximate surface area is 120 Å². The van der Waals surface area contributed by atoms with Crippen molar-refractivity contribution in [3.8, 4) is 0 Å². The van der Waals surface area contributed by atoms with Gasteiger partial charge >= 0.3 is 5.97 Å². The van der Waals surface area contributed by atoms with Gasteiger partial charge in [-0.15, -0.1) is 0 Å². The molecule has 0 aliphatic heterocycles. The third-order valence-corrected chi connectivity index (χ3v) is 4.38. The van der Waals surface area contributed by atoms with Gasteiger partial charge < -0.3 is 15.8 Å². The van der Waals surface area contributed by atoms with Gasteiger partial charge in [-0.2, -0.15) is 0 Å². The largest absolute Gasteiger partial charge is 0.480 e. The zero-order valence-corrected chi connectivity index (χ0v) is 12.1. The molecule has 0 amide bonds. The van der Waals surface area contributed by atoms with E-state index in [2.05, 4.69) is 4.98 Å². The Morgan fingerprint density at radius 2 is 2.15 bits per heavy atom. The lowest BCUT2D eigenvalue weighted by Gasteiger charge is -2.06. The van der Waals surface area contributed by atoms with Crippen molar-refractivity contribution in [2.75, 3.05) is 6.26 Å². The number of carbonyl (C=O) groups is 1. The van der Waals surface area contributed by atoms with Gasteiger partial charge in [-0.25, -0.2) is 8.42 Å². The summed E-state index contributed by atoms with van der Waals surface area (Å²) >= 11 is 6.04. The van der Waals surface area contributed by atoms with Gasteiger partial charge in [0.2, 0.25) is 0 Å². The Hall–Kier alpha value is -1.57. The zero-order valence-electron chi connectivity index (χ0n) is 10.6. The summed E-state index contributed by atoms with van der Waals surface area (Å²) in [5.41, 5.74) is 6.67. The highest BCUT2D eigenvalue weighted by Crippen LogP contribution is 2.29. The van der Waals surface area contributed by atoms with E-state index in [1.165, 1.54) is 12.1 Å². The molecular weight excluding hydrogens is 304 g/mol. The number of H-pyrrole nitrogens is 1. The molecule has 0 spiro atoms. The van der Waals surface area contributed by atoms with Crippen LogP contribution in [0.3, 0.4) is 0 Å². The number of aromatic amines is 1. The number of halogens is 1. The normalized spacial score (nSPS) is 13.6. The summed E-state index contributed by atoms with van der Waals surface area (Å²) < 4.78 is 23.2. The molecule has 0 radical (unpaired) electrons. The minimum atomic E-state index is -3.40. The summed E-state index contributed by atoms with van der Waals surface area (Å²) in [6.07, 6.45) is 2.75. The molecule has 20 heavy (non-hydrogen) atoms. The highest BCUT2D eigenvalue weighted by Gasteiger charge is 2.18. The standard InChI is InChI=1S/C12H13ClN2O4S/c1-20(18,19)7-3-8-6(2-10(14)12(16)17)5-15-11(8)9(13)4-7/h3-5,10,15H,2,14H2,1H3,(H,16,17). The second-order valence-electron chi connectivity index (χ2n) is 4.56. The summed E-state index contributed by atoms with van der Waals surface area (Å²) in [5.74, 6) is -1.12. The quantitative estimate of drug-likeness (QED) is 0.783. The van der Waals surface area contributed by atoms with Gasteiger partial charge in [-0.1, -0.05) is 11.6 Å². The Kier molecular flexibility index (Phi) is 3.77. The first-order chi connectivity index (χ1) is 9.20. The highest BCUT2D eigenvalue weighted by molar-refractivity contribution is 7.90. The topological polar surface area (TPSA) is 113 Å². The number of benzene rings is 1. The van der Waals surface area contributed by atoms with Crippen LogP contribution in [0.15, 0.2) is 23.2 Å². The molecule has 108 valence electrons. The van der Waals surface area contributed by atoms with Crippen LogP contribution < -0.4 is 5.73 Å². The van der Waals surface area contributed by atoms with Crippen LogP contribution in [0.2, 0.25) is 5.02 Å². The van der Waals surface area contributed by atoms with Crippen LogP contribution in [0.25, 0.3) is 10.9 Å². The van der Waals surface area contributed by atoms with Crippen LogP contribution in [-0.2, 0) is 21.1 Å². The minimum Gasteiger partial charge on any atom is -0.480 e. The Bertz CT molecular complexity index is 782. The van der Waals surface area contributed by atoms with E-state index in [0.29, 0.717) is 16.5 Å². The molecule has 4 N–H and O–H groups in total. The number of sulfone groups is 1. The lowest BCUT2D eigenvalue weighted by molar-refractivity contribution is -0.138. The summed E-state index contributed by atoms with van der Waals surface area (Å²) in [5, 5.41) is 9.66. The maximum absolute atomic E-state index is 11.6.